The molecule has 0 amide bonds. The molecule has 4 heteroatoms. The van der Waals surface area contributed by atoms with Crippen LogP contribution in [0.25, 0.3) is 0 Å². The molecular formula is C11H18N2O2. The molecule has 0 fully saturated rings. The van der Waals surface area contributed by atoms with Gasteiger partial charge in [-0.25, -0.2) is 4.98 Å². The number of aryl methyl sites for hydroxylation is 1. The van der Waals surface area contributed by atoms with Crippen LogP contribution in [0.1, 0.15) is 19.7 Å². The Morgan fingerprint density at radius 3 is 2.67 bits per heavy atom. The van der Waals surface area contributed by atoms with Crippen LogP contribution >= 0.6 is 0 Å². The standard InChI is InChI=1S/C11H18N2O2/c1-8(2)11(15-4)9(14)7-10-12-5-6-13(10)3/h5-6,8,11H,7H2,1-4H3. The maximum absolute atomic E-state index is 11.9. The molecule has 1 rings (SSSR count). The van der Waals surface area contributed by atoms with Crippen LogP contribution in [0.4, 0.5) is 0 Å². The molecule has 0 bridgehead atoms. The zero-order valence-electron chi connectivity index (χ0n) is 9.73. The summed E-state index contributed by atoms with van der Waals surface area (Å²) in [6, 6.07) is 0. The quantitative estimate of drug-likeness (QED) is 0.733. The number of rotatable bonds is 5. The van der Waals surface area contributed by atoms with Gasteiger partial charge in [0.05, 0.1) is 6.42 Å². The van der Waals surface area contributed by atoms with E-state index in [-0.39, 0.29) is 17.8 Å². The maximum Gasteiger partial charge on any atom is 0.169 e. The summed E-state index contributed by atoms with van der Waals surface area (Å²) < 4.78 is 7.03. The van der Waals surface area contributed by atoms with Gasteiger partial charge in [0, 0.05) is 26.6 Å². The van der Waals surface area contributed by atoms with Crippen LogP contribution in [0, 0.1) is 5.92 Å². The molecule has 0 radical (unpaired) electrons. The average Bonchev–Trinajstić information content (AvgIpc) is 2.52. The first-order valence-corrected chi connectivity index (χ1v) is 5.08. The molecule has 1 heterocycles. The Morgan fingerprint density at radius 1 is 1.60 bits per heavy atom. The topological polar surface area (TPSA) is 44.1 Å². The van der Waals surface area contributed by atoms with Crippen molar-refractivity contribution in [1.82, 2.24) is 9.55 Å². The Labute approximate surface area is 90.3 Å². The first kappa shape index (κ1) is 11.9. The molecule has 1 atom stereocenters. The Bertz CT molecular complexity index is 331. The van der Waals surface area contributed by atoms with E-state index in [2.05, 4.69) is 4.98 Å². The third-order valence-corrected chi connectivity index (χ3v) is 2.43. The zero-order chi connectivity index (χ0) is 11.4. The summed E-state index contributed by atoms with van der Waals surface area (Å²) >= 11 is 0. The monoisotopic (exact) mass is 210 g/mol. The lowest BCUT2D eigenvalue weighted by Gasteiger charge is -2.17. The number of Topliss-reactive ketones (excluding diaryl/α,β-unsaturated/α-hetero) is 1. The number of nitrogens with zero attached hydrogens (tertiary/aromatic N) is 2. The predicted molar refractivity (Wildman–Crippen MR) is 57.6 cm³/mol. The van der Waals surface area contributed by atoms with Crippen molar-refractivity contribution in [3.05, 3.63) is 18.2 Å². The summed E-state index contributed by atoms with van der Waals surface area (Å²) in [5.74, 6) is 1.06. The largest absolute Gasteiger partial charge is 0.373 e. The van der Waals surface area contributed by atoms with Gasteiger partial charge in [0.1, 0.15) is 11.9 Å². The van der Waals surface area contributed by atoms with Crippen LogP contribution in [-0.2, 0) is 23.0 Å². The van der Waals surface area contributed by atoms with Gasteiger partial charge in [-0.15, -0.1) is 0 Å². The highest BCUT2D eigenvalue weighted by atomic mass is 16.5. The van der Waals surface area contributed by atoms with E-state index in [1.54, 1.807) is 13.3 Å². The predicted octanol–water partition coefficient (Wildman–Crippen LogP) is 1.20. The van der Waals surface area contributed by atoms with Crippen molar-refractivity contribution < 1.29 is 9.53 Å². The Morgan fingerprint density at radius 2 is 2.27 bits per heavy atom. The molecule has 1 aromatic rings. The fraction of sp³-hybridized carbons (Fsp3) is 0.636. The molecule has 0 N–H and O–H groups in total. The summed E-state index contributed by atoms with van der Waals surface area (Å²) in [6.07, 6.45) is 3.53. The second kappa shape index (κ2) is 5.07. The van der Waals surface area contributed by atoms with Gasteiger partial charge in [0.25, 0.3) is 0 Å². The van der Waals surface area contributed by atoms with Gasteiger partial charge in [-0.2, -0.15) is 0 Å². The van der Waals surface area contributed by atoms with E-state index < -0.39 is 0 Å². The van der Waals surface area contributed by atoms with Gasteiger partial charge < -0.3 is 9.30 Å². The molecule has 84 valence electrons. The van der Waals surface area contributed by atoms with Gasteiger partial charge in [-0.05, 0) is 5.92 Å². The van der Waals surface area contributed by atoms with Crippen molar-refractivity contribution in [2.75, 3.05) is 7.11 Å². The Balaban J connectivity index is 2.66. The third-order valence-electron chi connectivity index (χ3n) is 2.43. The number of methoxy groups -OCH3 is 1. The summed E-state index contributed by atoms with van der Waals surface area (Å²) in [5, 5.41) is 0. The minimum absolute atomic E-state index is 0.0850. The van der Waals surface area contributed by atoms with Crippen molar-refractivity contribution in [2.45, 2.75) is 26.4 Å². The molecule has 0 aliphatic rings. The van der Waals surface area contributed by atoms with Crippen molar-refractivity contribution in [2.24, 2.45) is 13.0 Å². The van der Waals surface area contributed by atoms with E-state index in [4.69, 9.17) is 4.74 Å². The van der Waals surface area contributed by atoms with Gasteiger partial charge in [0.15, 0.2) is 5.78 Å². The van der Waals surface area contributed by atoms with Gasteiger partial charge in [-0.1, -0.05) is 13.8 Å². The van der Waals surface area contributed by atoms with Crippen molar-refractivity contribution in [3.8, 4) is 0 Å². The van der Waals surface area contributed by atoms with Crippen molar-refractivity contribution in [1.29, 1.82) is 0 Å². The molecule has 0 aliphatic carbocycles. The molecule has 4 nitrogen and oxygen atoms in total. The number of ketones is 1. The number of aromatic nitrogens is 2. The third kappa shape index (κ3) is 2.89. The fourth-order valence-electron chi connectivity index (χ4n) is 1.60. The van der Waals surface area contributed by atoms with E-state index in [0.29, 0.717) is 6.42 Å². The molecular weight excluding hydrogens is 192 g/mol. The second-order valence-corrected chi connectivity index (χ2v) is 4.00. The summed E-state index contributed by atoms with van der Waals surface area (Å²) in [5.41, 5.74) is 0. The van der Waals surface area contributed by atoms with Crippen LogP contribution in [0.15, 0.2) is 12.4 Å². The molecule has 15 heavy (non-hydrogen) atoms. The van der Waals surface area contributed by atoms with Crippen LogP contribution in [0.3, 0.4) is 0 Å². The van der Waals surface area contributed by atoms with E-state index >= 15 is 0 Å². The molecule has 0 saturated heterocycles. The SMILES string of the molecule is COC(C(=O)Cc1nccn1C)C(C)C. The number of carbonyl (C=O) groups excluding carboxylic acids is 1. The van der Waals surface area contributed by atoms with Crippen LogP contribution in [0.2, 0.25) is 0 Å². The molecule has 0 saturated carbocycles. The highest BCUT2D eigenvalue weighted by Gasteiger charge is 2.22. The average molecular weight is 210 g/mol. The fourth-order valence-corrected chi connectivity index (χ4v) is 1.60. The molecule has 1 aromatic heterocycles. The maximum atomic E-state index is 11.9. The minimum Gasteiger partial charge on any atom is -0.373 e. The number of hydrogen-bond acceptors (Lipinski definition) is 3. The van der Waals surface area contributed by atoms with Crippen LogP contribution in [-0.4, -0.2) is 28.5 Å². The minimum atomic E-state index is -0.332. The molecule has 0 aromatic carbocycles. The number of ether oxygens (including phenoxy) is 1. The summed E-state index contributed by atoms with van der Waals surface area (Å²) in [4.78, 5) is 16.0. The Hall–Kier alpha value is -1.16. The van der Waals surface area contributed by atoms with E-state index in [1.165, 1.54) is 0 Å². The smallest absolute Gasteiger partial charge is 0.169 e. The van der Waals surface area contributed by atoms with Crippen molar-refractivity contribution in [3.63, 3.8) is 0 Å². The molecule has 0 aliphatic heterocycles. The van der Waals surface area contributed by atoms with Crippen molar-refractivity contribution >= 4 is 5.78 Å². The number of imidazole rings is 1. The van der Waals surface area contributed by atoms with E-state index in [0.717, 1.165) is 5.82 Å². The van der Waals surface area contributed by atoms with Crippen LogP contribution in [0.5, 0.6) is 0 Å². The van der Waals surface area contributed by atoms with E-state index in [1.807, 2.05) is 31.7 Å². The Kier molecular flexibility index (Phi) is 4.03. The lowest BCUT2D eigenvalue weighted by Crippen LogP contribution is -2.30. The first-order valence-electron chi connectivity index (χ1n) is 5.08. The number of carbonyl (C=O) groups is 1. The van der Waals surface area contributed by atoms with Gasteiger partial charge >= 0.3 is 0 Å². The van der Waals surface area contributed by atoms with Gasteiger partial charge in [0.2, 0.25) is 0 Å². The summed E-state index contributed by atoms with van der Waals surface area (Å²) in [7, 11) is 3.45. The van der Waals surface area contributed by atoms with Gasteiger partial charge in [-0.3, -0.25) is 4.79 Å². The molecule has 1 unspecified atom stereocenters. The molecule has 0 spiro atoms. The lowest BCUT2D eigenvalue weighted by atomic mass is 10.0. The second-order valence-electron chi connectivity index (χ2n) is 4.00. The van der Waals surface area contributed by atoms with Crippen LogP contribution < -0.4 is 0 Å². The lowest BCUT2D eigenvalue weighted by molar-refractivity contribution is -0.130. The normalized spacial score (nSPS) is 13.1. The highest BCUT2D eigenvalue weighted by Crippen LogP contribution is 2.09. The number of hydrogen-bond donors (Lipinski definition) is 0. The zero-order valence-corrected chi connectivity index (χ0v) is 9.73. The highest BCUT2D eigenvalue weighted by molar-refractivity contribution is 5.84. The first-order chi connectivity index (χ1) is 7.06. The van der Waals surface area contributed by atoms with E-state index in [9.17, 15) is 4.79 Å². The summed E-state index contributed by atoms with van der Waals surface area (Å²) in [6.45, 7) is 3.95.